The van der Waals surface area contributed by atoms with Gasteiger partial charge in [0.1, 0.15) is 11.9 Å². The predicted molar refractivity (Wildman–Crippen MR) is 116 cm³/mol. The number of aromatic nitrogens is 1. The number of hydrogen-bond donors (Lipinski definition) is 1. The number of nitrogens with zero attached hydrogens (tertiary/aromatic N) is 1. The highest BCUT2D eigenvalue weighted by atomic mass is 16.5. The zero-order valence-corrected chi connectivity index (χ0v) is 17.3. The second-order valence-electron chi connectivity index (χ2n) is 7.72. The molecule has 4 rings (SSSR count). The molecule has 6 nitrogen and oxygen atoms in total. The number of ether oxygens (including phenoxy) is 2. The van der Waals surface area contributed by atoms with Crippen molar-refractivity contribution < 1.29 is 14.3 Å². The van der Waals surface area contributed by atoms with E-state index in [0.29, 0.717) is 30.9 Å². The zero-order valence-electron chi connectivity index (χ0n) is 17.3. The topological polar surface area (TPSA) is 71.6 Å². The van der Waals surface area contributed by atoms with E-state index in [1.165, 1.54) is 0 Å². The normalized spacial score (nSPS) is 16.0. The van der Waals surface area contributed by atoms with E-state index in [2.05, 4.69) is 4.98 Å². The minimum Gasteiger partial charge on any atom is -0.496 e. The van der Waals surface area contributed by atoms with Crippen molar-refractivity contribution in [3.8, 4) is 5.75 Å². The molecule has 1 aliphatic rings. The van der Waals surface area contributed by atoms with Crippen LogP contribution in [0.4, 0.5) is 0 Å². The predicted octanol–water partition coefficient (Wildman–Crippen LogP) is 3.55. The number of aromatic amines is 1. The number of amides is 1. The second-order valence-corrected chi connectivity index (χ2v) is 7.72. The van der Waals surface area contributed by atoms with E-state index in [1.807, 2.05) is 55.5 Å². The SMILES string of the molecule is COc1ccccc1CN(Cc1cc2ccc(C)cc2[nH]c1=O)C(=O)C1CCCO1. The van der Waals surface area contributed by atoms with Gasteiger partial charge in [-0.15, -0.1) is 0 Å². The summed E-state index contributed by atoms with van der Waals surface area (Å²) in [7, 11) is 1.61. The van der Waals surface area contributed by atoms with Crippen molar-refractivity contribution in [2.45, 2.75) is 39.0 Å². The third-order valence-electron chi connectivity index (χ3n) is 5.51. The van der Waals surface area contributed by atoms with Crippen LogP contribution in [0, 0.1) is 6.92 Å². The summed E-state index contributed by atoms with van der Waals surface area (Å²) in [5, 5.41) is 0.942. The van der Waals surface area contributed by atoms with Crippen LogP contribution in [0.1, 0.15) is 29.5 Å². The molecule has 0 saturated carbocycles. The van der Waals surface area contributed by atoms with Gasteiger partial charge in [-0.25, -0.2) is 0 Å². The van der Waals surface area contributed by atoms with Crippen molar-refractivity contribution in [3.05, 3.63) is 75.6 Å². The van der Waals surface area contributed by atoms with Gasteiger partial charge in [-0.05, 0) is 48.9 Å². The Labute approximate surface area is 175 Å². The Morgan fingerprint density at radius 3 is 2.73 bits per heavy atom. The molecule has 0 aliphatic carbocycles. The highest BCUT2D eigenvalue weighted by Crippen LogP contribution is 2.23. The van der Waals surface area contributed by atoms with E-state index in [-0.39, 0.29) is 18.0 Å². The van der Waals surface area contributed by atoms with E-state index in [1.54, 1.807) is 12.0 Å². The van der Waals surface area contributed by atoms with Gasteiger partial charge < -0.3 is 19.4 Å². The van der Waals surface area contributed by atoms with Crippen LogP contribution in [0.2, 0.25) is 0 Å². The lowest BCUT2D eigenvalue weighted by Crippen LogP contribution is -2.39. The molecule has 3 aromatic rings. The van der Waals surface area contributed by atoms with Crippen LogP contribution >= 0.6 is 0 Å². The smallest absolute Gasteiger partial charge is 0.253 e. The van der Waals surface area contributed by atoms with E-state index in [4.69, 9.17) is 9.47 Å². The number of methoxy groups -OCH3 is 1. The van der Waals surface area contributed by atoms with Gasteiger partial charge in [-0.2, -0.15) is 0 Å². The monoisotopic (exact) mass is 406 g/mol. The molecule has 6 heteroatoms. The first-order chi connectivity index (χ1) is 14.5. The standard InChI is InChI=1S/C24H26N2O4/c1-16-9-10-17-13-19(23(27)25-20(17)12-16)15-26(24(28)22-8-5-11-30-22)14-18-6-3-4-7-21(18)29-2/h3-4,6-7,9-10,12-13,22H,5,8,11,14-15H2,1-2H3,(H,25,27). The lowest BCUT2D eigenvalue weighted by molar-refractivity contribution is -0.142. The summed E-state index contributed by atoms with van der Waals surface area (Å²) in [6, 6.07) is 15.4. The molecule has 1 saturated heterocycles. The molecule has 1 atom stereocenters. The molecule has 0 bridgehead atoms. The molecule has 1 amide bonds. The van der Waals surface area contributed by atoms with Crippen molar-refractivity contribution in [3.63, 3.8) is 0 Å². The number of benzene rings is 2. The number of H-pyrrole nitrogens is 1. The average Bonchev–Trinajstić information content (AvgIpc) is 3.28. The number of rotatable bonds is 6. The van der Waals surface area contributed by atoms with Crippen molar-refractivity contribution in [2.24, 2.45) is 0 Å². The molecule has 2 heterocycles. The number of aryl methyl sites for hydroxylation is 1. The Morgan fingerprint density at radius 2 is 1.97 bits per heavy atom. The third-order valence-corrected chi connectivity index (χ3v) is 5.51. The summed E-state index contributed by atoms with van der Waals surface area (Å²) in [5.74, 6) is 0.618. The van der Waals surface area contributed by atoms with Crippen LogP contribution in [-0.4, -0.2) is 35.6 Å². The number of fused-ring (bicyclic) bond motifs is 1. The maximum Gasteiger partial charge on any atom is 0.253 e. The van der Waals surface area contributed by atoms with Gasteiger partial charge in [0, 0.05) is 29.8 Å². The molecule has 156 valence electrons. The van der Waals surface area contributed by atoms with Crippen molar-refractivity contribution >= 4 is 16.8 Å². The Hall–Kier alpha value is -3.12. The lowest BCUT2D eigenvalue weighted by atomic mass is 10.1. The van der Waals surface area contributed by atoms with Gasteiger partial charge in [0.15, 0.2) is 0 Å². The van der Waals surface area contributed by atoms with Gasteiger partial charge in [0.05, 0.1) is 13.7 Å². The van der Waals surface area contributed by atoms with Crippen molar-refractivity contribution in [2.75, 3.05) is 13.7 Å². The number of carbonyl (C=O) groups excluding carboxylic acids is 1. The first-order valence-electron chi connectivity index (χ1n) is 10.2. The molecule has 1 aliphatic heterocycles. The fourth-order valence-electron chi connectivity index (χ4n) is 3.91. The van der Waals surface area contributed by atoms with Crippen molar-refractivity contribution in [1.82, 2.24) is 9.88 Å². The number of pyridine rings is 1. The Kier molecular flexibility index (Phi) is 5.86. The first-order valence-corrected chi connectivity index (χ1v) is 10.2. The highest BCUT2D eigenvalue weighted by molar-refractivity contribution is 5.82. The number of carbonyl (C=O) groups is 1. The van der Waals surface area contributed by atoms with Crippen LogP contribution in [0.5, 0.6) is 5.75 Å². The van der Waals surface area contributed by atoms with Crippen LogP contribution < -0.4 is 10.3 Å². The van der Waals surface area contributed by atoms with E-state index in [9.17, 15) is 9.59 Å². The number of nitrogens with one attached hydrogen (secondary N) is 1. The van der Waals surface area contributed by atoms with Gasteiger partial charge in [-0.3, -0.25) is 9.59 Å². The highest BCUT2D eigenvalue weighted by Gasteiger charge is 2.29. The van der Waals surface area contributed by atoms with E-state index in [0.717, 1.165) is 28.5 Å². The van der Waals surface area contributed by atoms with E-state index >= 15 is 0 Å². The largest absolute Gasteiger partial charge is 0.496 e. The molecule has 30 heavy (non-hydrogen) atoms. The van der Waals surface area contributed by atoms with Gasteiger partial charge in [-0.1, -0.05) is 30.3 Å². The molecule has 1 fully saturated rings. The number of hydrogen-bond acceptors (Lipinski definition) is 4. The Balaban J connectivity index is 1.68. The van der Waals surface area contributed by atoms with Crippen LogP contribution in [0.3, 0.4) is 0 Å². The molecule has 1 aromatic heterocycles. The quantitative estimate of drug-likeness (QED) is 0.680. The fraction of sp³-hybridized carbons (Fsp3) is 0.333. The fourth-order valence-corrected chi connectivity index (χ4v) is 3.91. The molecule has 1 N–H and O–H groups in total. The maximum absolute atomic E-state index is 13.2. The molecular formula is C24H26N2O4. The van der Waals surface area contributed by atoms with Crippen LogP contribution in [0.25, 0.3) is 10.9 Å². The minimum absolute atomic E-state index is 0.0955. The maximum atomic E-state index is 13.2. The van der Waals surface area contributed by atoms with E-state index < -0.39 is 6.10 Å². The van der Waals surface area contributed by atoms with Gasteiger partial charge in [0.25, 0.3) is 11.5 Å². The van der Waals surface area contributed by atoms with Crippen molar-refractivity contribution in [1.29, 1.82) is 0 Å². The molecule has 0 radical (unpaired) electrons. The Bertz CT molecular complexity index is 1120. The Morgan fingerprint density at radius 1 is 1.17 bits per heavy atom. The molecule has 1 unspecified atom stereocenters. The van der Waals surface area contributed by atoms with Gasteiger partial charge >= 0.3 is 0 Å². The third kappa shape index (κ3) is 4.24. The molecule has 2 aromatic carbocycles. The summed E-state index contributed by atoms with van der Waals surface area (Å²) in [4.78, 5) is 30.6. The van der Waals surface area contributed by atoms with Crippen LogP contribution in [0.15, 0.2) is 53.3 Å². The average molecular weight is 406 g/mol. The minimum atomic E-state index is -0.457. The summed E-state index contributed by atoms with van der Waals surface area (Å²) in [6.45, 7) is 3.12. The molecule has 0 spiro atoms. The summed E-state index contributed by atoms with van der Waals surface area (Å²) in [5.41, 5.74) is 3.13. The molecular weight excluding hydrogens is 380 g/mol. The summed E-state index contributed by atoms with van der Waals surface area (Å²) < 4.78 is 11.1. The van der Waals surface area contributed by atoms with Crippen LogP contribution in [-0.2, 0) is 22.6 Å². The van der Waals surface area contributed by atoms with Gasteiger partial charge in [0.2, 0.25) is 0 Å². The first kappa shape index (κ1) is 20.2. The zero-order chi connectivity index (χ0) is 21.1. The second kappa shape index (κ2) is 8.71. The number of para-hydroxylation sites is 1. The summed E-state index contributed by atoms with van der Waals surface area (Å²) >= 11 is 0. The lowest BCUT2D eigenvalue weighted by Gasteiger charge is -2.26. The summed E-state index contributed by atoms with van der Waals surface area (Å²) in [6.07, 6.45) is 1.12.